The number of esters is 1. The number of halogens is 1. The molecule has 0 saturated carbocycles. The van der Waals surface area contributed by atoms with Gasteiger partial charge in [-0.1, -0.05) is 0 Å². The minimum atomic E-state index is -0.469. The van der Waals surface area contributed by atoms with Gasteiger partial charge in [0, 0.05) is 10.9 Å². The Labute approximate surface area is 149 Å². The van der Waals surface area contributed by atoms with Crippen LogP contribution < -0.4 is 4.74 Å². The minimum Gasteiger partial charge on any atom is -0.485 e. The van der Waals surface area contributed by atoms with Gasteiger partial charge in [-0.15, -0.1) is 0 Å². The van der Waals surface area contributed by atoms with Crippen molar-refractivity contribution in [1.82, 2.24) is 0 Å². The first-order chi connectivity index (χ1) is 12.5. The summed E-state index contributed by atoms with van der Waals surface area (Å²) in [7, 11) is 0. The van der Waals surface area contributed by atoms with Crippen LogP contribution in [0.3, 0.4) is 0 Å². The number of carbonyl (C=O) groups excluding carboxylic acids is 2. The van der Waals surface area contributed by atoms with Crippen molar-refractivity contribution in [3.05, 3.63) is 65.2 Å². The summed E-state index contributed by atoms with van der Waals surface area (Å²) in [6.45, 7) is 3.46. The summed E-state index contributed by atoms with van der Waals surface area (Å²) < 4.78 is 29.1. The molecule has 0 aliphatic carbocycles. The maximum atomic E-state index is 12.9. The summed E-state index contributed by atoms with van der Waals surface area (Å²) >= 11 is 0. The molecule has 3 rings (SSSR count). The van der Waals surface area contributed by atoms with Crippen LogP contribution in [-0.2, 0) is 4.74 Å². The molecule has 0 saturated heterocycles. The van der Waals surface area contributed by atoms with Gasteiger partial charge in [-0.3, -0.25) is 4.79 Å². The van der Waals surface area contributed by atoms with Crippen LogP contribution in [0.4, 0.5) is 4.39 Å². The van der Waals surface area contributed by atoms with Gasteiger partial charge in [0.15, 0.2) is 12.4 Å². The lowest BCUT2D eigenvalue weighted by Crippen LogP contribution is -2.11. The number of Topliss-reactive ketones (excluding diaryl/α,β-unsaturated/α-hetero) is 1. The number of furan rings is 1. The zero-order valence-electron chi connectivity index (χ0n) is 14.4. The van der Waals surface area contributed by atoms with Crippen LogP contribution in [0.5, 0.6) is 5.75 Å². The number of hydrogen-bond donors (Lipinski definition) is 0. The average molecular weight is 356 g/mol. The first-order valence-corrected chi connectivity index (χ1v) is 8.11. The number of hydrogen-bond acceptors (Lipinski definition) is 5. The maximum Gasteiger partial charge on any atom is 0.342 e. The Morgan fingerprint density at radius 3 is 2.54 bits per heavy atom. The van der Waals surface area contributed by atoms with Crippen LogP contribution in [0.1, 0.15) is 33.4 Å². The standard InChI is InChI=1S/C20H17FO5/c1-3-24-20(23)19-12(2)26-18-9-8-15(10-16(18)19)25-11-17(22)13-4-6-14(21)7-5-13/h4-10H,3,11H2,1-2H3. The number of carbonyl (C=O) groups is 2. The third-order valence-electron chi connectivity index (χ3n) is 3.85. The Bertz CT molecular complexity index is 956. The number of ether oxygens (including phenoxy) is 2. The summed E-state index contributed by atoms with van der Waals surface area (Å²) in [6.07, 6.45) is 0. The summed E-state index contributed by atoms with van der Waals surface area (Å²) in [4.78, 5) is 24.2. The SMILES string of the molecule is CCOC(=O)c1c(C)oc2ccc(OCC(=O)c3ccc(F)cc3)cc12. The first kappa shape index (κ1) is 17.7. The highest BCUT2D eigenvalue weighted by Crippen LogP contribution is 2.29. The second-order valence-electron chi connectivity index (χ2n) is 5.63. The van der Waals surface area contributed by atoms with Crippen LogP contribution in [0, 0.1) is 12.7 Å². The Balaban J connectivity index is 1.80. The lowest BCUT2D eigenvalue weighted by Gasteiger charge is -2.06. The van der Waals surface area contributed by atoms with Crippen molar-refractivity contribution < 1.29 is 27.9 Å². The summed E-state index contributed by atoms with van der Waals surface area (Å²) in [6, 6.07) is 10.2. The van der Waals surface area contributed by atoms with Crippen molar-refractivity contribution in [1.29, 1.82) is 0 Å². The van der Waals surface area contributed by atoms with Gasteiger partial charge in [-0.25, -0.2) is 9.18 Å². The molecule has 6 heteroatoms. The van der Waals surface area contributed by atoms with Crippen molar-refractivity contribution in [3.8, 4) is 5.75 Å². The fourth-order valence-electron chi connectivity index (χ4n) is 2.61. The number of aryl methyl sites for hydroxylation is 1. The van der Waals surface area contributed by atoms with Crippen LogP contribution >= 0.6 is 0 Å². The van der Waals surface area contributed by atoms with E-state index in [1.54, 1.807) is 32.0 Å². The Morgan fingerprint density at radius 1 is 1.12 bits per heavy atom. The molecule has 0 radical (unpaired) electrons. The molecule has 3 aromatic rings. The van der Waals surface area contributed by atoms with Crippen molar-refractivity contribution in [2.24, 2.45) is 0 Å². The molecule has 0 fully saturated rings. The van der Waals surface area contributed by atoms with E-state index in [0.717, 1.165) is 0 Å². The lowest BCUT2D eigenvalue weighted by atomic mass is 10.1. The van der Waals surface area contributed by atoms with E-state index in [9.17, 15) is 14.0 Å². The fraction of sp³-hybridized carbons (Fsp3) is 0.200. The molecular weight excluding hydrogens is 339 g/mol. The maximum absolute atomic E-state index is 12.9. The molecule has 134 valence electrons. The smallest absolute Gasteiger partial charge is 0.342 e. The van der Waals surface area contributed by atoms with Crippen molar-refractivity contribution in [3.63, 3.8) is 0 Å². The monoisotopic (exact) mass is 356 g/mol. The van der Waals surface area contributed by atoms with Gasteiger partial charge in [-0.05, 0) is 56.3 Å². The quantitative estimate of drug-likeness (QED) is 0.486. The molecule has 26 heavy (non-hydrogen) atoms. The molecule has 1 aromatic heterocycles. The molecule has 0 atom stereocenters. The molecule has 1 heterocycles. The summed E-state index contributed by atoms with van der Waals surface area (Å²) in [5, 5.41) is 0.563. The van der Waals surface area contributed by atoms with E-state index < -0.39 is 11.8 Å². The van der Waals surface area contributed by atoms with E-state index in [4.69, 9.17) is 13.9 Å². The topological polar surface area (TPSA) is 65.7 Å². The molecule has 0 N–H and O–H groups in total. The second kappa shape index (κ2) is 7.39. The Hall–Kier alpha value is -3.15. The van der Waals surface area contributed by atoms with Crippen LogP contribution in [0.25, 0.3) is 11.0 Å². The van der Waals surface area contributed by atoms with Gasteiger partial charge in [0.1, 0.15) is 28.5 Å². The molecule has 0 bridgehead atoms. The summed E-state index contributed by atoms with van der Waals surface area (Å²) in [5.74, 6) is -0.283. The summed E-state index contributed by atoms with van der Waals surface area (Å²) in [5.41, 5.74) is 1.23. The lowest BCUT2D eigenvalue weighted by molar-refractivity contribution is 0.0526. The molecule has 5 nitrogen and oxygen atoms in total. The third kappa shape index (κ3) is 3.59. The first-order valence-electron chi connectivity index (χ1n) is 8.11. The predicted octanol–water partition coefficient (Wildman–Crippen LogP) is 4.32. The van der Waals surface area contributed by atoms with Crippen LogP contribution in [0.2, 0.25) is 0 Å². The molecule has 0 aliphatic rings. The van der Waals surface area contributed by atoms with Gasteiger partial charge in [0.2, 0.25) is 0 Å². The van der Waals surface area contributed by atoms with Crippen LogP contribution in [-0.4, -0.2) is 25.0 Å². The second-order valence-corrected chi connectivity index (χ2v) is 5.63. The third-order valence-corrected chi connectivity index (χ3v) is 3.85. The van der Waals surface area contributed by atoms with Crippen molar-refractivity contribution >= 4 is 22.7 Å². The van der Waals surface area contributed by atoms with Gasteiger partial charge in [0.25, 0.3) is 0 Å². The van der Waals surface area contributed by atoms with Gasteiger partial charge in [0.05, 0.1) is 6.61 Å². The zero-order valence-corrected chi connectivity index (χ0v) is 14.4. The van der Waals surface area contributed by atoms with E-state index in [1.807, 2.05) is 0 Å². The molecule has 0 aliphatic heterocycles. The number of ketones is 1. The molecule has 0 amide bonds. The Kier molecular flexibility index (Phi) is 5.02. The van der Waals surface area contributed by atoms with Gasteiger partial charge in [-0.2, -0.15) is 0 Å². The molecular formula is C20H17FO5. The van der Waals surface area contributed by atoms with E-state index >= 15 is 0 Å². The van der Waals surface area contributed by atoms with Crippen molar-refractivity contribution in [2.45, 2.75) is 13.8 Å². The largest absolute Gasteiger partial charge is 0.485 e. The molecule has 0 unspecified atom stereocenters. The fourth-order valence-corrected chi connectivity index (χ4v) is 2.61. The minimum absolute atomic E-state index is 0.206. The van der Waals surface area contributed by atoms with E-state index in [0.29, 0.717) is 33.6 Å². The van der Waals surface area contributed by atoms with Crippen molar-refractivity contribution in [2.75, 3.05) is 13.2 Å². The Morgan fingerprint density at radius 2 is 1.85 bits per heavy atom. The number of fused-ring (bicyclic) bond motifs is 1. The van der Waals surface area contributed by atoms with Crippen LogP contribution in [0.15, 0.2) is 46.9 Å². The van der Waals surface area contributed by atoms with Gasteiger partial charge < -0.3 is 13.9 Å². The highest BCUT2D eigenvalue weighted by molar-refractivity contribution is 6.05. The molecule has 0 spiro atoms. The molecule has 2 aromatic carbocycles. The van der Waals surface area contributed by atoms with E-state index in [1.165, 1.54) is 24.3 Å². The number of rotatable bonds is 6. The normalized spacial score (nSPS) is 10.7. The predicted molar refractivity (Wildman–Crippen MR) is 93.1 cm³/mol. The highest BCUT2D eigenvalue weighted by Gasteiger charge is 2.20. The zero-order chi connectivity index (χ0) is 18.7. The van der Waals surface area contributed by atoms with E-state index in [2.05, 4.69) is 0 Å². The van der Waals surface area contributed by atoms with E-state index in [-0.39, 0.29) is 19.0 Å². The van der Waals surface area contributed by atoms with Gasteiger partial charge >= 0.3 is 5.97 Å². The average Bonchev–Trinajstić information content (AvgIpc) is 2.95. The highest BCUT2D eigenvalue weighted by atomic mass is 19.1. The number of benzene rings is 2.